The molecule has 2 aromatic rings. The number of rotatable bonds is 9. The van der Waals surface area contributed by atoms with Gasteiger partial charge in [0, 0.05) is 41.5 Å². The second-order valence-electron chi connectivity index (χ2n) is 5.05. The Hall–Kier alpha value is -1.66. The van der Waals surface area contributed by atoms with Crippen LogP contribution >= 0.6 is 23.4 Å². The van der Waals surface area contributed by atoms with Crippen molar-refractivity contribution in [3.8, 4) is 0 Å². The Morgan fingerprint density at radius 2 is 2.17 bits per heavy atom. The fraction of sp³-hybridized carbons (Fsp3) is 0.375. The first-order valence-electron chi connectivity index (χ1n) is 7.57. The van der Waals surface area contributed by atoms with Crippen LogP contribution in [0.25, 0.3) is 0 Å². The van der Waals surface area contributed by atoms with Gasteiger partial charge in [-0.3, -0.25) is 4.99 Å². The molecule has 0 aliphatic carbocycles. The minimum atomic E-state index is 0.515. The zero-order valence-electron chi connectivity index (χ0n) is 13.0. The van der Waals surface area contributed by atoms with Gasteiger partial charge in [0.2, 0.25) is 0 Å². The van der Waals surface area contributed by atoms with E-state index in [2.05, 4.69) is 32.4 Å². The number of H-pyrrole nitrogens is 1. The van der Waals surface area contributed by atoms with E-state index in [0.717, 1.165) is 48.2 Å². The van der Waals surface area contributed by atoms with Crippen LogP contribution in [0.15, 0.2) is 41.8 Å². The normalized spacial score (nSPS) is 11.6. The van der Waals surface area contributed by atoms with Gasteiger partial charge in [0.05, 0.1) is 6.33 Å². The zero-order chi connectivity index (χ0) is 16.3. The predicted molar refractivity (Wildman–Crippen MR) is 99.0 cm³/mol. The molecule has 5 nitrogen and oxygen atoms in total. The lowest BCUT2D eigenvalue weighted by Crippen LogP contribution is -2.33. The molecule has 23 heavy (non-hydrogen) atoms. The number of aromatic amines is 1. The zero-order valence-corrected chi connectivity index (χ0v) is 14.5. The van der Waals surface area contributed by atoms with Gasteiger partial charge in [-0.25, -0.2) is 4.98 Å². The van der Waals surface area contributed by atoms with Crippen molar-refractivity contribution in [2.75, 3.05) is 18.8 Å². The van der Waals surface area contributed by atoms with E-state index in [1.165, 1.54) is 5.56 Å². The number of nitrogens with zero attached hydrogens (tertiary/aromatic N) is 2. The molecule has 0 bridgehead atoms. The summed E-state index contributed by atoms with van der Waals surface area (Å²) in [6.45, 7) is 1.53. The second-order valence-corrected chi connectivity index (χ2v) is 6.59. The standard InChI is InChI=1S/C16H22ClN5S/c17-14-5-3-13(4-6-14)11-23-9-8-21-16(18)20-7-1-2-15-10-19-12-22-15/h3-6,10,12H,1-2,7-9,11H2,(H,19,22)(H3,18,20,21). The third-order valence-corrected chi connectivity index (χ3v) is 4.46. The van der Waals surface area contributed by atoms with Crippen molar-refractivity contribution in [2.45, 2.75) is 18.6 Å². The molecule has 1 aromatic heterocycles. The minimum absolute atomic E-state index is 0.515. The smallest absolute Gasteiger partial charge is 0.188 e. The summed E-state index contributed by atoms with van der Waals surface area (Å²) in [5, 5.41) is 3.91. The Kier molecular flexibility index (Phi) is 7.83. The molecule has 0 aliphatic rings. The average molecular weight is 352 g/mol. The topological polar surface area (TPSA) is 79.1 Å². The summed E-state index contributed by atoms with van der Waals surface area (Å²) >= 11 is 7.72. The molecule has 1 aromatic carbocycles. The van der Waals surface area contributed by atoms with Crippen molar-refractivity contribution in [3.63, 3.8) is 0 Å². The van der Waals surface area contributed by atoms with Crippen LogP contribution in [-0.2, 0) is 12.2 Å². The first-order valence-corrected chi connectivity index (χ1v) is 9.10. The number of aromatic nitrogens is 2. The summed E-state index contributed by atoms with van der Waals surface area (Å²) < 4.78 is 0. The average Bonchev–Trinajstić information content (AvgIpc) is 3.06. The monoisotopic (exact) mass is 351 g/mol. The number of nitrogens with two attached hydrogens (primary N) is 1. The lowest BCUT2D eigenvalue weighted by molar-refractivity contribution is 0.806. The number of aryl methyl sites for hydroxylation is 1. The molecule has 7 heteroatoms. The summed E-state index contributed by atoms with van der Waals surface area (Å²) in [7, 11) is 0. The maximum atomic E-state index is 5.86. The number of benzene rings is 1. The number of nitrogens with one attached hydrogen (secondary N) is 2. The first-order chi connectivity index (χ1) is 11.2. The van der Waals surface area contributed by atoms with Crippen molar-refractivity contribution < 1.29 is 0 Å². The summed E-state index contributed by atoms with van der Waals surface area (Å²) in [6.07, 6.45) is 5.42. The molecule has 4 N–H and O–H groups in total. The van der Waals surface area contributed by atoms with Crippen LogP contribution in [0.1, 0.15) is 17.7 Å². The highest BCUT2D eigenvalue weighted by Gasteiger charge is 1.96. The molecule has 0 saturated carbocycles. The van der Waals surface area contributed by atoms with Crippen molar-refractivity contribution in [2.24, 2.45) is 10.7 Å². The van der Waals surface area contributed by atoms with E-state index in [4.69, 9.17) is 17.3 Å². The first kappa shape index (κ1) is 17.7. The van der Waals surface area contributed by atoms with E-state index in [1.54, 1.807) is 6.33 Å². The number of hydrogen-bond acceptors (Lipinski definition) is 3. The predicted octanol–water partition coefficient (Wildman–Crippen LogP) is 2.83. The lowest BCUT2D eigenvalue weighted by Gasteiger charge is -2.06. The summed E-state index contributed by atoms with van der Waals surface area (Å²) in [5.41, 5.74) is 8.25. The highest BCUT2D eigenvalue weighted by atomic mass is 35.5. The van der Waals surface area contributed by atoms with Crippen LogP contribution in [0.3, 0.4) is 0 Å². The molecule has 0 spiro atoms. The SMILES string of the molecule is NC(=NCCCc1cnc[nH]1)NCCSCc1ccc(Cl)cc1. The van der Waals surface area contributed by atoms with Crippen LogP contribution in [0.5, 0.6) is 0 Å². The molecule has 0 fully saturated rings. The van der Waals surface area contributed by atoms with Gasteiger partial charge in [0.25, 0.3) is 0 Å². The fourth-order valence-corrected chi connectivity index (χ4v) is 2.91. The number of halogens is 1. The molecule has 0 radical (unpaired) electrons. The Labute approximate surface area is 146 Å². The molecular formula is C16H22ClN5S. The molecule has 2 rings (SSSR count). The molecule has 1 heterocycles. The molecule has 0 amide bonds. The summed E-state index contributed by atoms with van der Waals surface area (Å²) in [6, 6.07) is 7.95. The van der Waals surface area contributed by atoms with E-state index in [9.17, 15) is 0 Å². The largest absolute Gasteiger partial charge is 0.370 e. The quantitative estimate of drug-likeness (QED) is 0.369. The Morgan fingerprint density at radius 1 is 1.35 bits per heavy atom. The van der Waals surface area contributed by atoms with Crippen molar-refractivity contribution in [1.29, 1.82) is 0 Å². The Bertz CT molecular complexity index is 583. The highest BCUT2D eigenvalue weighted by molar-refractivity contribution is 7.98. The van der Waals surface area contributed by atoms with Crippen LogP contribution in [0.4, 0.5) is 0 Å². The highest BCUT2D eigenvalue weighted by Crippen LogP contribution is 2.14. The number of imidazole rings is 1. The van der Waals surface area contributed by atoms with Gasteiger partial charge in [-0.1, -0.05) is 23.7 Å². The van der Waals surface area contributed by atoms with Gasteiger partial charge >= 0.3 is 0 Å². The maximum Gasteiger partial charge on any atom is 0.188 e. The van der Waals surface area contributed by atoms with Crippen LogP contribution in [0.2, 0.25) is 5.02 Å². The van der Waals surface area contributed by atoms with E-state index in [-0.39, 0.29) is 0 Å². The summed E-state index contributed by atoms with van der Waals surface area (Å²) in [5.74, 6) is 2.47. The van der Waals surface area contributed by atoms with Gasteiger partial charge in [0.15, 0.2) is 5.96 Å². The summed E-state index contributed by atoms with van der Waals surface area (Å²) in [4.78, 5) is 11.4. The van der Waals surface area contributed by atoms with Crippen molar-refractivity contribution in [3.05, 3.63) is 53.1 Å². The molecule has 0 aliphatic heterocycles. The van der Waals surface area contributed by atoms with Crippen molar-refractivity contribution >= 4 is 29.3 Å². The maximum absolute atomic E-state index is 5.86. The molecular weight excluding hydrogens is 330 g/mol. The van der Waals surface area contributed by atoms with E-state index in [0.29, 0.717) is 5.96 Å². The number of hydrogen-bond donors (Lipinski definition) is 3. The third kappa shape index (κ3) is 7.43. The molecule has 0 atom stereocenters. The van der Waals surface area contributed by atoms with Gasteiger partial charge < -0.3 is 16.0 Å². The van der Waals surface area contributed by atoms with Gasteiger partial charge in [0.1, 0.15) is 0 Å². The van der Waals surface area contributed by atoms with Crippen LogP contribution < -0.4 is 11.1 Å². The van der Waals surface area contributed by atoms with E-state index >= 15 is 0 Å². The fourth-order valence-electron chi connectivity index (χ4n) is 1.97. The molecule has 0 saturated heterocycles. The number of guanidine groups is 1. The van der Waals surface area contributed by atoms with Crippen molar-refractivity contribution in [1.82, 2.24) is 15.3 Å². The van der Waals surface area contributed by atoms with E-state index in [1.807, 2.05) is 30.1 Å². The van der Waals surface area contributed by atoms with Gasteiger partial charge in [-0.2, -0.15) is 11.8 Å². The third-order valence-electron chi connectivity index (χ3n) is 3.18. The van der Waals surface area contributed by atoms with Crippen LogP contribution in [-0.4, -0.2) is 34.8 Å². The Morgan fingerprint density at radius 3 is 2.91 bits per heavy atom. The number of thioether (sulfide) groups is 1. The van der Waals surface area contributed by atoms with Gasteiger partial charge in [-0.15, -0.1) is 0 Å². The minimum Gasteiger partial charge on any atom is -0.370 e. The Balaban J connectivity index is 1.51. The van der Waals surface area contributed by atoms with Crippen LogP contribution in [0, 0.1) is 0 Å². The molecule has 124 valence electrons. The van der Waals surface area contributed by atoms with Gasteiger partial charge in [-0.05, 0) is 30.5 Å². The number of aliphatic imine (C=N–C) groups is 1. The molecule has 0 unspecified atom stereocenters. The van der Waals surface area contributed by atoms with E-state index < -0.39 is 0 Å². The lowest BCUT2D eigenvalue weighted by atomic mass is 10.2. The second kappa shape index (κ2) is 10.2.